The molecule has 6 nitrogen and oxygen atoms in total. The molecule has 0 aliphatic carbocycles. The molecule has 1 aliphatic rings. The monoisotopic (exact) mass is 390 g/mol. The van der Waals surface area contributed by atoms with E-state index >= 15 is 0 Å². The van der Waals surface area contributed by atoms with Crippen molar-refractivity contribution in [2.45, 2.75) is 0 Å². The molecule has 138 valence electrons. The van der Waals surface area contributed by atoms with Gasteiger partial charge in [-0.15, -0.1) is 0 Å². The molecule has 0 unspecified atom stereocenters. The van der Waals surface area contributed by atoms with Crippen LogP contribution in [-0.2, 0) is 9.59 Å². The van der Waals surface area contributed by atoms with Crippen LogP contribution in [0, 0.1) is 11.6 Å². The quantitative estimate of drug-likeness (QED) is 0.766. The van der Waals surface area contributed by atoms with E-state index in [1.54, 1.807) is 30.3 Å². The highest BCUT2D eigenvalue weighted by Crippen LogP contribution is 2.26. The number of imide groups is 1. The fraction of sp³-hybridized carbons (Fsp3) is 0.0556. The van der Waals surface area contributed by atoms with E-state index in [4.69, 9.17) is 4.74 Å². The van der Waals surface area contributed by atoms with Gasteiger partial charge in [-0.25, -0.2) is 8.78 Å². The molecule has 0 saturated carbocycles. The van der Waals surface area contributed by atoms with Crippen LogP contribution < -0.4 is 15.4 Å². The average molecular weight is 390 g/mol. The normalized spacial score (nSPS) is 15.0. The van der Waals surface area contributed by atoms with Crippen molar-refractivity contribution < 1.29 is 27.9 Å². The summed E-state index contributed by atoms with van der Waals surface area (Å²) in [6.07, 6.45) is 1.55. The maximum absolute atomic E-state index is 13.5. The number of anilines is 1. The summed E-state index contributed by atoms with van der Waals surface area (Å²) in [7, 11) is 0. The largest absolute Gasteiger partial charge is 0.484 e. The lowest BCUT2D eigenvalue weighted by Crippen LogP contribution is -2.20. The van der Waals surface area contributed by atoms with Crippen LogP contribution in [0.4, 0.5) is 19.3 Å². The van der Waals surface area contributed by atoms with Gasteiger partial charge in [0.2, 0.25) is 0 Å². The third-order valence-electron chi connectivity index (χ3n) is 3.40. The van der Waals surface area contributed by atoms with Crippen molar-refractivity contribution in [3.8, 4) is 5.75 Å². The molecule has 0 spiro atoms. The Hall–Kier alpha value is -3.20. The lowest BCUT2D eigenvalue weighted by Gasteiger charge is -2.08. The number of carbonyl (C=O) groups is 3. The summed E-state index contributed by atoms with van der Waals surface area (Å²) in [5, 5.41) is 4.02. The minimum atomic E-state index is -0.881. The van der Waals surface area contributed by atoms with Gasteiger partial charge in [0.05, 0.1) is 10.6 Å². The molecule has 9 heteroatoms. The molecule has 0 radical (unpaired) electrons. The zero-order valence-corrected chi connectivity index (χ0v) is 14.4. The molecular formula is C18H12F2N2O4S. The Bertz CT molecular complexity index is 945. The molecule has 2 aromatic rings. The first-order chi connectivity index (χ1) is 12.9. The van der Waals surface area contributed by atoms with Crippen LogP contribution in [0.25, 0.3) is 6.08 Å². The van der Waals surface area contributed by atoms with E-state index in [2.05, 4.69) is 10.6 Å². The summed E-state index contributed by atoms with van der Waals surface area (Å²) in [6.45, 7) is -0.371. The highest BCUT2D eigenvalue weighted by molar-refractivity contribution is 8.18. The first-order valence-corrected chi connectivity index (χ1v) is 8.45. The number of thioether (sulfide) groups is 1. The number of carbonyl (C=O) groups excluding carboxylic acids is 3. The van der Waals surface area contributed by atoms with Gasteiger partial charge in [0.1, 0.15) is 17.4 Å². The van der Waals surface area contributed by atoms with Gasteiger partial charge < -0.3 is 10.1 Å². The number of ether oxygens (including phenoxy) is 1. The van der Waals surface area contributed by atoms with Crippen LogP contribution in [0.3, 0.4) is 0 Å². The second kappa shape index (κ2) is 8.00. The van der Waals surface area contributed by atoms with E-state index in [-0.39, 0.29) is 17.2 Å². The molecular weight excluding hydrogens is 378 g/mol. The smallest absolute Gasteiger partial charge is 0.290 e. The van der Waals surface area contributed by atoms with E-state index in [1.165, 1.54) is 0 Å². The summed E-state index contributed by atoms with van der Waals surface area (Å²) in [5.41, 5.74) is 0.529. The number of halogens is 2. The highest BCUT2D eigenvalue weighted by atomic mass is 32.2. The van der Waals surface area contributed by atoms with E-state index in [0.717, 1.165) is 23.9 Å². The Balaban J connectivity index is 1.55. The zero-order chi connectivity index (χ0) is 19.4. The molecule has 2 N–H and O–H groups in total. The Morgan fingerprint density at radius 2 is 1.89 bits per heavy atom. The molecule has 0 aromatic heterocycles. The Labute approximate surface area is 156 Å². The minimum Gasteiger partial charge on any atom is -0.484 e. The van der Waals surface area contributed by atoms with Crippen molar-refractivity contribution in [3.05, 3.63) is 64.6 Å². The van der Waals surface area contributed by atoms with Gasteiger partial charge in [-0.1, -0.05) is 12.1 Å². The standard InChI is InChI=1S/C18H12F2N2O4S/c19-11-3-6-14(13(20)8-11)21-16(23)9-26-12-4-1-10(2-5-12)7-15-17(24)22-18(25)27-15/h1-8H,9H2,(H,21,23)(H,22,24,25)/b15-7-. The molecule has 0 atom stereocenters. The van der Waals surface area contributed by atoms with Crippen LogP contribution in [0.15, 0.2) is 47.4 Å². The van der Waals surface area contributed by atoms with E-state index in [9.17, 15) is 23.2 Å². The fourth-order valence-electron chi connectivity index (χ4n) is 2.16. The minimum absolute atomic E-state index is 0.145. The predicted octanol–water partition coefficient (Wildman–Crippen LogP) is 3.31. The van der Waals surface area contributed by atoms with Crippen molar-refractivity contribution in [1.82, 2.24) is 5.32 Å². The number of hydrogen-bond acceptors (Lipinski definition) is 5. The lowest BCUT2D eigenvalue weighted by molar-refractivity contribution is -0.118. The maximum atomic E-state index is 13.5. The van der Waals surface area contributed by atoms with Crippen molar-refractivity contribution in [2.24, 2.45) is 0 Å². The van der Waals surface area contributed by atoms with Crippen molar-refractivity contribution in [3.63, 3.8) is 0 Å². The number of nitrogens with one attached hydrogen (secondary N) is 2. The van der Waals surface area contributed by atoms with E-state index < -0.39 is 28.7 Å². The number of benzene rings is 2. The fourth-order valence-corrected chi connectivity index (χ4v) is 2.84. The zero-order valence-electron chi connectivity index (χ0n) is 13.6. The summed E-state index contributed by atoms with van der Waals surface area (Å²) >= 11 is 0.813. The van der Waals surface area contributed by atoms with Crippen LogP contribution in [0.5, 0.6) is 5.75 Å². The lowest BCUT2D eigenvalue weighted by atomic mass is 10.2. The number of amides is 3. The SMILES string of the molecule is O=C(COc1ccc(/C=C2\SC(=O)NC2=O)cc1)Nc1ccc(F)cc1F. The van der Waals surface area contributed by atoms with Gasteiger partial charge in [-0.2, -0.15) is 0 Å². The van der Waals surface area contributed by atoms with E-state index in [1.807, 2.05) is 0 Å². The van der Waals surface area contributed by atoms with Crippen molar-refractivity contribution in [1.29, 1.82) is 0 Å². The van der Waals surface area contributed by atoms with Crippen LogP contribution >= 0.6 is 11.8 Å². The van der Waals surface area contributed by atoms with Gasteiger partial charge in [-0.3, -0.25) is 19.7 Å². The average Bonchev–Trinajstić information content (AvgIpc) is 2.94. The van der Waals surface area contributed by atoms with Gasteiger partial charge >= 0.3 is 0 Å². The Kier molecular flexibility index (Phi) is 5.51. The first kappa shape index (κ1) is 18.6. The molecule has 0 bridgehead atoms. The second-order valence-electron chi connectivity index (χ2n) is 5.38. The van der Waals surface area contributed by atoms with Gasteiger partial charge in [0.25, 0.3) is 17.1 Å². The van der Waals surface area contributed by atoms with Gasteiger partial charge in [0.15, 0.2) is 6.61 Å². The summed E-state index contributed by atoms with van der Waals surface area (Å²) in [4.78, 5) is 34.7. The third kappa shape index (κ3) is 4.91. The maximum Gasteiger partial charge on any atom is 0.290 e. The molecule has 1 aliphatic heterocycles. The second-order valence-corrected chi connectivity index (χ2v) is 6.40. The van der Waals surface area contributed by atoms with Crippen LogP contribution in [0.2, 0.25) is 0 Å². The van der Waals surface area contributed by atoms with Gasteiger partial charge in [0, 0.05) is 6.07 Å². The summed E-state index contributed by atoms with van der Waals surface area (Å²) in [6, 6.07) is 9.28. The molecule has 2 aromatic carbocycles. The Morgan fingerprint density at radius 1 is 1.15 bits per heavy atom. The summed E-state index contributed by atoms with van der Waals surface area (Å²) in [5.74, 6) is -2.30. The molecule has 3 amide bonds. The highest BCUT2D eigenvalue weighted by Gasteiger charge is 2.24. The molecule has 1 heterocycles. The molecule has 1 saturated heterocycles. The van der Waals surface area contributed by atoms with Crippen LogP contribution in [-0.4, -0.2) is 23.7 Å². The van der Waals surface area contributed by atoms with E-state index in [0.29, 0.717) is 17.4 Å². The predicted molar refractivity (Wildman–Crippen MR) is 96.0 cm³/mol. The summed E-state index contributed by atoms with van der Waals surface area (Å²) < 4.78 is 31.6. The number of hydrogen-bond donors (Lipinski definition) is 2. The first-order valence-electron chi connectivity index (χ1n) is 7.63. The molecule has 27 heavy (non-hydrogen) atoms. The van der Waals surface area contributed by atoms with Crippen LogP contribution in [0.1, 0.15) is 5.56 Å². The molecule has 1 fully saturated rings. The van der Waals surface area contributed by atoms with Gasteiger partial charge in [-0.05, 0) is 47.7 Å². The topological polar surface area (TPSA) is 84.5 Å². The van der Waals surface area contributed by atoms with Crippen molar-refractivity contribution >= 4 is 40.6 Å². The molecule has 3 rings (SSSR count). The third-order valence-corrected chi connectivity index (χ3v) is 4.21. The van der Waals surface area contributed by atoms with Crippen molar-refractivity contribution in [2.75, 3.05) is 11.9 Å². The Morgan fingerprint density at radius 3 is 2.52 bits per heavy atom. The number of rotatable bonds is 5.